The molecule has 46 heavy (non-hydrogen) atoms. The molecule has 0 aliphatic rings. The van der Waals surface area contributed by atoms with Crippen LogP contribution in [0.5, 0.6) is 11.5 Å². The van der Waals surface area contributed by atoms with Gasteiger partial charge in [-0.05, 0) is 30.5 Å². The van der Waals surface area contributed by atoms with Crippen LogP contribution in [-0.2, 0) is 12.8 Å². The quantitative estimate of drug-likeness (QED) is 0.0439. The molecular formula is C44H73NaO. The first kappa shape index (κ1) is 43.3. The summed E-state index contributed by atoms with van der Waals surface area (Å²) in [5.74, 6) is 1.88. The van der Waals surface area contributed by atoms with Gasteiger partial charge >= 0.3 is 29.6 Å². The SMILES string of the molecule is CCCCCCCCCCCCCCCCc1c[c-]cc(Oc2cccc(CCCCCCCCCCCCCCCC)c2)c1.[Na+]. The zero-order chi connectivity index (χ0) is 31.9. The molecule has 0 aliphatic heterocycles. The van der Waals surface area contributed by atoms with Crippen molar-refractivity contribution in [2.45, 2.75) is 206 Å². The minimum absolute atomic E-state index is 0. The fourth-order valence-corrected chi connectivity index (χ4v) is 6.65. The maximum atomic E-state index is 6.28. The molecule has 0 bridgehead atoms. The Morgan fingerprint density at radius 1 is 0.413 bits per heavy atom. The molecular weight excluding hydrogens is 567 g/mol. The predicted molar refractivity (Wildman–Crippen MR) is 200 cm³/mol. The molecule has 0 spiro atoms. The van der Waals surface area contributed by atoms with Crippen molar-refractivity contribution in [3.63, 3.8) is 0 Å². The number of hydrogen-bond donors (Lipinski definition) is 0. The van der Waals surface area contributed by atoms with Gasteiger partial charge in [-0.2, -0.15) is 17.7 Å². The molecule has 0 radical (unpaired) electrons. The standard InChI is InChI=1S/C44H73O.Na/c1-3-5-7-9-11-13-15-17-19-21-23-25-27-29-33-41-35-31-37-43(39-41)45-44-38-32-36-42(40-44)34-30-28-26-24-22-20-18-16-14-12-10-8-6-4-2;/h31,35-40H,3-30,33-34H2,1-2H3;/q-1;+1. The molecule has 0 atom stereocenters. The Labute approximate surface area is 310 Å². The van der Waals surface area contributed by atoms with E-state index in [0.29, 0.717) is 0 Å². The molecule has 1 nitrogen and oxygen atoms in total. The Kier molecular flexibility index (Phi) is 30.8. The Balaban J connectivity index is 0.0000106. The molecule has 0 heterocycles. The third-order valence-electron chi connectivity index (χ3n) is 9.59. The number of hydrogen-bond acceptors (Lipinski definition) is 1. The zero-order valence-electron chi connectivity index (χ0n) is 31.2. The van der Waals surface area contributed by atoms with Crippen LogP contribution in [0.15, 0.2) is 42.5 Å². The summed E-state index contributed by atoms with van der Waals surface area (Å²) in [5.41, 5.74) is 2.75. The number of ether oxygens (including phenoxy) is 1. The van der Waals surface area contributed by atoms with Crippen LogP contribution < -0.4 is 34.3 Å². The van der Waals surface area contributed by atoms with Gasteiger partial charge in [0.25, 0.3) is 0 Å². The molecule has 0 amide bonds. The summed E-state index contributed by atoms with van der Waals surface area (Å²) in [7, 11) is 0. The van der Waals surface area contributed by atoms with Crippen molar-refractivity contribution >= 4 is 0 Å². The Hall–Kier alpha value is -0.760. The van der Waals surface area contributed by atoms with Crippen molar-refractivity contribution in [1.29, 1.82) is 0 Å². The van der Waals surface area contributed by atoms with E-state index in [4.69, 9.17) is 4.74 Å². The largest absolute Gasteiger partial charge is 1.00 e. The van der Waals surface area contributed by atoms with Crippen molar-refractivity contribution in [1.82, 2.24) is 0 Å². The summed E-state index contributed by atoms with van der Waals surface area (Å²) >= 11 is 0. The van der Waals surface area contributed by atoms with Crippen molar-refractivity contribution in [3.05, 3.63) is 59.7 Å². The van der Waals surface area contributed by atoms with E-state index in [-0.39, 0.29) is 29.6 Å². The van der Waals surface area contributed by atoms with Gasteiger partial charge in [0.1, 0.15) is 5.75 Å². The maximum Gasteiger partial charge on any atom is 1.00 e. The minimum Gasteiger partial charge on any atom is -0.517 e. The Morgan fingerprint density at radius 2 is 0.783 bits per heavy atom. The van der Waals surface area contributed by atoms with Crippen molar-refractivity contribution in [2.75, 3.05) is 0 Å². The van der Waals surface area contributed by atoms with Gasteiger partial charge in [0.15, 0.2) is 0 Å². The second-order valence-electron chi connectivity index (χ2n) is 14.0. The Bertz CT molecular complexity index is 835. The summed E-state index contributed by atoms with van der Waals surface area (Å²) in [5, 5.41) is 0. The van der Waals surface area contributed by atoms with Gasteiger partial charge in [0.05, 0.1) is 0 Å². The van der Waals surface area contributed by atoms with Crippen molar-refractivity contribution in [3.8, 4) is 11.5 Å². The van der Waals surface area contributed by atoms with E-state index in [2.05, 4.69) is 56.3 Å². The number of benzene rings is 2. The third kappa shape index (κ3) is 25.3. The first-order chi connectivity index (χ1) is 22.3. The van der Waals surface area contributed by atoms with E-state index in [1.165, 1.54) is 191 Å². The van der Waals surface area contributed by atoms with Crippen LogP contribution >= 0.6 is 0 Å². The second kappa shape index (κ2) is 32.8. The number of rotatable bonds is 32. The monoisotopic (exact) mass is 641 g/mol. The van der Waals surface area contributed by atoms with Crippen LogP contribution in [0.2, 0.25) is 0 Å². The summed E-state index contributed by atoms with van der Waals surface area (Å²) in [4.78, 5) is 0. The predicted octanol–water partition coefficient (Wildman–Crippen LogP) is 12.3. The normalized spacial score (nSPS) is 11.1. The van der Waals surface area contributed by atoms with Gasteiger partial charge in [-0.15, -0.1) is 12.1 Å². The van der Waals surface area contributed by atoms with Crippen LogP contribution in [0, 0.1) is 6.07 Å². The maximum absolute atomic E-state index is 6.28. The average molecular weight is 641 g/mol. The molecule has 2 aromatic carbocycles. The summed E-state index contributed by atoms with van der Waals surface area (Å²) < 4.78 is 6.28. The van der Waals surface area contributed by atoms with Crippen LogP contribution in [0.25, 0.3) is 0 Å². The van der Waals surface area contributed by atoms with E-state index >= 15 is 0 Å². The molecule has 0 saturated heterocycles. The van der Waals surface area contributed by atoms with Crippen molar-refractivity contribution < 1.29 is 34.3 Å². The molecule has 0 unspecified atom stereocenters. The molecule has 0 fully saturated rings. The van der Waals surface area contributed by atoms with E-state index in [9.17, 15) is 0 Å². The van der Waals surface area contributed by atoms with E-state index in [1.807, 2.05) is 6.07 Å². The van der Waals surface area contributed by atoms with E-state index in [0.717, 1.165) is 24.3 Å². The Morgan fingerprint density at radius 3 is 1.22 bits per heavy atom. The van der Waals surface area contributed by atoms with Crippen LogP contribution in [-0.4, -0.2) is 0 Å². The van der Waals surface area contributed by atoms with Gasteiger partial charge in [-0.1, -0.05) is 206 Å². The molecule has 256 valence electrons. The van der Waals surface area contributed by atoms with E-state index < -0.39 is 0 Å². The average Bonchev–Trinajstić information content (AvgIpc) is 3.05. The second-order valence-corrected chi connectivity index (χ2v) is 14.0. The van der Waals surface area contributed by atoms with Gasteiger partial charge in [-0.3, -0.25) is 0 Å². The summed E-state index contributed by atoms with van der Waals surface area (Å²) in [6.07, 6.45) is 41.8. The third-order valence-corrected chi connectivity index (χ3v) is 9.59. The van der Waals surface area contributed by atoms with Gasteiger partial charge in [0.2, 0.25) is 0 Å². The molecule has 0 aliphatic carbocycles. The minimum atomic E-state index is 0. The van der Waals surface area contributed by atoms with Gasteiger partial charge in [0, 0.05) is 5.75 Å². The van der Waals surface area contributed by atoms with Gasteiger partial charge < -0.3 is 4.74 Å². The zero-order valence-corrected chi connectivity index (χ0v) is 33.2. The van der Waals surface area contributed by atoms with Gasteiger partial charge in [-0.25, -0.2) is 0 Å². The molecule has 0 N–H and O–H groups in total. The summed E-state index contributed by atoms with van der Waals surface area (Å²) in [6.45, 7) is 4.60. The van der Waals surface area contributed by atoms with E-state index in [1.54, 1.807) is 0 Å². The van der Waals surface area contributed by atoms with Crippen LogP contribution in [0.1, 0.15) is 205 Å². The molecule has 2 aromatic rings. The fraction of sp³-hybridized carbons (Fsp3) is 0.727. The first-order valence-electron chi connectivity index (χ1n) is 20.1. The number of unbranched alkanes of at least 4 members (excludes halogenated alkanes) is 26. The summed E-state index contributed by atoms with van der Waals surface area (Å²) in [6, 6.07) is 18.4. The number of aryl methyl sites for hydroxylation is 2. The molecule has 2 heteroatoms. The molecule has 2 rings (SSSR count). The van der Waals surface area contributed by atoms with Crippen molar-refractivity contribution in [2.24, 2.45) is 0 Å². The molecule has 0 aromatic heterocycles. The fourth-order valence-electron chi connectivity index (χ4n) is 6.65. The topological polar surface area (TPSA) is 9.23 Å². The first-order valence-corrected chi connectivity index (χ1v) is 20.1. The van der Waals surface area contributed by atoms with Crippen LogP contribution in [0.3, 0.4) is 0 Å². The molecule has 0 saturated carbocycles. The smallest absolute Gasteiger partial charge is 0.517 e. The van der Waals surface area contributed by atoms with Crippen LogP contribution in [0.4, 0.5) is 0 Å².